The van der Waals surface area contributed by atoms with Crippen molar-refractivity contribution in [3.05, 3.63) is 58.8 Å². The number of hydrogen-bond acceptors (Lipinski definition) is 5. The second kappa shape index (κ2) is 8.30. The third-order valence-electron chi connectivity index (χ3n) is 5.37. The molecule has 4 rings (SSSR count). The van der Waals surface area contributed by atoms with Crippen LogP contribution in [-0.4, -0.2) is 61.9 Å². The van der Waals surface area contributed by atoms with Crippen molar-refractivity contribution in [3.63, 3.8) is 0 Å². The molecular formula is C20H23ClN4O3S. The highest BCUT2D eigenvalue weighted by molar-refractivity contribution is 7.90. The van der Waals surface area contributed by atoms with Gasteiger partial charge < -0.3 is 10.2 Å². The van der Waals surface area contributed by atoms with Gasteiger partial charge in [0.15, 0.2) is 5.84 Å². The molecule has 0 radical (unpaired) electrons. The number of benzene rings is 1. The Balaban J connectivity index is 1.53. The average Bonchev–Trinajstić information content (AvgIpc) is 3.21. The molecule has 0 saturated carbocycles. The third kappa shape index (κ3) is 4.55. The number of carbonyl (C=O) groups is 1. The van der Waals surface area contributed by atoms with Crippen molar-refractivity contribution >= 4 is 33.4 Å². The molecule has 0 bridgehead atoms. The van der Waals surface area contributed by atoms with Gasteiger partial charge in [0.25, 0.3) is 15.9 Å². The van der Waals surface area contributed by atoms with Crippen molar-refractivity contribution in [2.24, 2.45) is 4.40 Å². The quantitative estimate of drug-likeness (QED) is 0.767. The van der Waals surface area contributed by atoms with E-state index in [0.717, 1.165) is 31.5 Å². The molecule has 29 heavy (non-hydrogen) atoms. The van der Waals surface area contributed by atoms with Gasteiger partial charge in [0.1, 0.15) is 0 Å². The van der Waals surface area contributed by atoms with E-state index in [0.29, 0.717) is 18.1 Å². The number of allylic oxidation sites excluding steroid dienone is 2. The molecule has 154 valence electrons. The van der Waals surface area contributed by atoms with Crippen molar-refractivity contribution < 1.29 is 13.2 Å². The van der Waals surface area contributed by atoms with Crippen LogP contribution < -0.4 is 5.32 Å². The maximum absolute atomic E-state index is 12.9. The number of fused-ring (bicyclic) bond motifs is 1. The van der Waals surface area contributed by atoms with Gasteiger partial charge in [-0.2, -0.15) is 0 Å². The van der Waals surface area contributed by atoms with Crippen LogP contribution >= 0.6 is 11.6 Å². The minimum absolute atomic E-state index is 0.00742. The lowest BCUT2D eigenvalue weighted by Crippen LogP contribution is -2.44. The van der Waals surface area contributed by atoms with Gasteiger partial charge >= 0.3 is 0 Å². The Bertz CT molecular complexity index is 997. The summed E-state index contributed by atoms with van der Waals surface area (Å²) in [5.41, 5.74) is 1.32. The first kappa shape index (κ1) is 20.1. The molecule has 0 spiro atoms. The standard InChI is InChI=1S/C20H23ClN4O3S/c21-16-6-3-5-15(13-16)18(24-8-1-2-9-24)14-22-20(26)17-7-4-10-25-11-12-29(27,28)23-19(17)25/h3-7,10,13,18H,1-2,8-9,11-12,14H2,(H,22,26). The molecule has 1 aromatic carbocycles. The summed E-state index contributed by atoms with van der Waals surface area (Å²) in [6.07, 6.45) is 7.34. The number of amidine groups is 1. The lowest BCUT2D eigenvalue weighted by molar-refractivity contribution is -0.117. The van der Waals surface area contributed by atoms with Crippen molar-refractivity contribution in [2.75, 3.05) is 31.9 Å². The number of halogens is 1. The fourth-order valence-electron chi connectivity index (χ4n) is 3.90. The minimum Gasteiger partial charge on any atom is -0.350 e. The van der Waals surface area contributed by atoms with E-state index >= 15 is 0 Å². The van der Waals surface area contributed by atoms with Crippen molar-refractivity contribution in [1.29, 1.82) is 0 Å². The van der Waals surface area contributed by atoms with Crippen LogP contribution in [0.5, 0.6) is 0 Å². The van der Waals surface area contributed by atoms with Gasteiger partial charge in [-0.25, -0.2) is 8.42 Å². The number of hydrogen-bond donors (Lipinski definition) is 1. The molecule has 9 heteroatoms. The number of nitrogens with one attached hydrogen (secondary N) is 1. The van der Waals surface area contributed by atoms with Gasteiger partial charge in [0, 0.05) is 24.3 Å². The summed E-state index contributed by atoms with van der Waals surface area (Å²) in [5.74, 6) is -0.195. The van der Waals surface area contributed by atoms with Crippen molar-refractivity contribution in [2.45, 2.75) is 18.9 Å². The predicted octanol–water partition coefficient (Wildman–Crippen LogP) is 2.09. The van der Waals surface area contributed by atoms with Crippen LogP contribution in [-0.2, 0) is 14.8 Å². The summed E-state index contributed by atoms with van der Waals surface area (Å²) in [7, 11) is -3.54. The Labute approximate surface area is 175 Å². The van der Waals surface area contributed by atoms with E-state index in [9.17, 15) is 13.2 Å². The van der Waals surface area contributed by atoms with Crippen LogP contribution in [0.25, 0.3) is 0 Å². The number of nitrogens with zero attached hydrogens (tertiary/aromatic N) is 3. The number of sulfonamides is 1. The molecule has 1 fully saturated rings. The van der Waals surface area contributed by atoms with E-state index < -0.39 is 10.0 Å². The Morgan fingerprint density at radius 3 is 2.79 bits per heavy atom. The SMILES string of the molecule is O=C(NCC(c1cccc(Cl)c1)N1CCCC1)C1=CC=CN2CCS(=O)(=O)N=C12. The average molecular weight is 435 g/mol. The Hall–Kier alpha value is -2.16. The van der Waals surface area contributed by atoms with Crippen LogP contribution in [0.3, 0.4) is 0 Å². The molecule has 1 saturated heterocycles. The first-order valence-electron chi connectivity index (χ1n) is 9.69. The molecule has 1 aromatic rings. The Morgan fingerprint density at radius 1 is 1.24 bits per heavy atom. The summed E-state index contributed by atoms with van der Waals surface area (Å²) >= 11 is 6.18. The molecular weight excluding hydrogens is 412 g/mol. The molecule has 3 aliphatic rings. The predicted molar refractivity (Wildman–Crippen MR) is 113 cm³/mol. The van der Waals surface area contributed by atoms with Crippen LogP contribution in [0.2, 0.25) is 5.02 Å². The van der Waals surface area contributed by atoms with E-state index in [1.165, 1.54) is 0 Å². The zero-order valence-electron chi connectivity index (χ0n) is 15.9. The summed E-state index contributed by atoms with van der Waals surface area (Å²) in [4.78, 5) is 17.0. The lowest BCUT2D eigenvalue weighted by Gasteiger charge is -2.30. The van der Waals surface area contributed by atoms with Gasteiger partial charge in [-0.1, -0.05) is 23.7 Å². The zero-order chi connectivity index (χ0) is 20.4. The zero-order valence-corrected chi connectivity index (χ0v) is 17.5. The molecule has 3 aliphatic heterocycles. The van der Waals surface area contributed by atoms with Crippen molar-refractivity contribution in [3.8, 4) is 0 Å². The first-order valence-corrected chi connectivity index (χ1v) is 11.7. The Morgan fingerprint density at radius 2 is 2.03 bits per heavy atom. The number of rotatable bonds is 5. The van der Waals surface area contributed by atoms with Crippen LogP contribution in [0.4, 0.5) is 0 Å². The normalized spacial score (nSPS) is 21.9. The largest absolute Gasteiger partial charge is 0.350 e. The maximum atomic E-state index is 12.9. The van der Waals surface area contributed by atoms with E-state index in [1.54, 1.807) is 23.3 Å². The third-order valence-corrected chi connectivity index (χ3v) is 6.76. The first-order chi connectivity index (χ1) is 13.9. The second-order valence-electron chi connectivity index (χ2n) is 7.34. The van der Waals surface area contributed by atoms with Gasteiger partial charge in [-0.3, -0.25) is 9.69 Å². The van der Waals surface area contributed by atoms with E-state index in [4.69, 9.17) is 11.6 Å². The summed E-state index contributed by atoms with van der Waals surface area (Å²) in [5, 5.41) is 3.64. The highest BCUT2D eigenvalue weighted by Gasteiger charge is 2.31. The van der Waals surface area contributed by atoms with E-state index in [-0.39, 0.29) is 29.1 Å². The maximum Gasteiger partial charge on any atom is 0.256 e. The topological polar surface area (TPSA) is 82.1 Å². The van der Waals surface area contributed by atoms with E-state index in [1.807, 2.05) is 24.3 Å². The minimum atomic E-state index is -3.54. The van der Waals surface area contributed by atoms with Crippen LogP contribution in [0.1, 0.15) is 24.4 Å². The molecule has 7 nitrogen and oxygen atoms in total. The number of amides is 1. The Kier molecular flexibility index (Phi) is 5.76. The van der Waals surface area contributed by atoms with Gasteiger partial charge in [-0.15, -0.1) is 4.40 Å². The summed E-state index contributed by atoms with van der Waals surface area (Å²) in [6.45, 7) is 2.63. The molecule has 0 aromatic heterocycles. The molecule has 1 atom stereocenters. The van der Waals surface area contributed by atoms with Gasteiger partial charge in [-0.05, 0) is 55.8 Å². The molecule has 1 N–H and O–H groups in total. The molecule has 3 heterocycles. The summed E-state index contributed by atoms with van der Waals surface area (Å²) in [6, 6.07) is 7.70. The summed E-state index contributed by atoms with van der Waals surface area (Å²) < 4.78 is 27.6. The molecule has 1 unspecified atom stereocenters. The van der Waals surface area contributed by atoms with E-state index in [2.05, 4.69) is 14.6 Å². The number of carbonyl (C=O) groups excluding carboxylic acids is 1. The molecule has 1 amide bonds. The fourth-order valence-corrected chi connectivity index (χ4v) is 5.09. The fraction of sp³-hybridized carbons (Fsp3) is 0.400. The lowest BCUT2D eigenvalue weighted by atomic mass is 10.0. The van der Waals surface area contributed by atoms with Crippen LogP contribution in [0, 0.1) is 0 Å². The highest BCUT2D eigenvalue weighted by atomic mass is 35.5. The second-order valence-corrected chi connectivity index (χ2v) is 9.53. The smallest absolute Gasteiger partial charge is 0.256 e. The molecule has 0 aliphatic carbocycles. The monoisotopic (exact) mass is 434 g/mol. The number of likely N-dealkylation sites (tertiary alicyclic amines) is 1. The van der Waals surface area contributed by atoms with Crippen molar-refractivity contribution in [1.82, 2.24) is 15.1 Å². The van der Waals surface area contributed by atoms with Gasteiger partial charge in [0.2, 0.25) is 0 Å². The van der Waals surface area contributed by atoms with Crippen LogP contribution in [0.15, 0.2) is 52.6 Å². The van der Waals surface area contributed by atoms with Gasteiger partial charge in [0.05, 0.1) is 17.4 Å². The highest BCUT2D eigenvalue weighted by Crippen LogP contribution is 2.27.